The van der Waals surface area contributed by atoms with Crippen molar-refractivity contribution < 1.29 is 19.5 Å². The molecule has 0 radical (unpaired) electrons. The molecule has 0 spiro atoms. The second kappa shape index (κ2) is 15.7. The molecule has 0 aromatic carbocycles. The van der Waals surface area contributed by atoms with Gasteiger partial charge in [0.05, 0.1) is 0 Å². The van der Waals surface area contributed by atoms with Gasteiger partial charge in [-0.05, 0) is 0 Å². The molecule has 0 nitrogen and oxygen atoms in total. The summed E-state index contributed by atoms with van der Waals surface area (Å²) in [6.07, 6.45) is 4.73. The molecule has 0 saturated heterocycles. The zero-order valence-corrected chi connectivity index (χ0v) is 9.79. The summed E-state index contributed by atoms with van der Waals surface area (Å²) in [6.45, 7) is 4.27. The van der Waals surface area contributed by atoms with E-state index in [-0.39, 0.29) is 36.5 Å². The third-order valence-electron chi connectivity index (χ3n) is 0.577. The quantitative estimate of drug-likeness (QED) is 0.493. The topological polar surface area (TPSA) is 0 Å². The van der Waals surface area contributed by atoms with Crippen LogP contribution in [0.1, 0.15) is 26.7 Å². The number of hydrogen-bond acceptors (Lipinski definition) is 0. The maximum atomic E-state index is 2.18. The Labute approximate surface area is 69.6 Å². The van der Waals surface area contributed by atoms with Crippen LogP contribution in [0.3, 0.4) is 0 Å². The molecule has 0 N–H and O–H groups in total. The molecule has 0 aromatic heterocycles. The van der Waals surface area contributed by atoms with E-state index in [1.54, 1.807) is 0 Å². The van der Waals surface area contributed by atoms with Gasteiger partial charge in [0.2, 0.25) is 0 Å². The molecule has 7 heavy (non-hydrogen) atoms. The number of unbranched alkanes of at least 4 members (excludes halogenated alkanes) is 2. The summed E-state index contributed by atoms with van der Waals surface area (Å²) < 4.78 is 0. The van der Waals surface area contributed by atoms with Crippen molar-refractivity contribution in [2.75, 3.05) is 0 Å². The minimum atomic E-state index is 0. The van der Waals surface area contributed by atoms with Crippen molar-refractivity contribution in [3.05, 3.63) is 6.42 Å². The van der Waals surface area contributed by atoms with E-state index in [1.165, 1.54) is 12.8 Å². The predicted octanol–water partition coefficient (Wildman–Crippen LogP) is 2.59. The fourth-order valence-corrected chi connectivity index (χ4v) is 0.289. The van der Waals surface area contributed by atoms with E-state index in [0.717, 1.165) is 0 Å². The molecule has 0 heterocycles. The Hall–Kier alpha value is 1.10. The summed E-state index contributed by atoms with van der Waals surface area (Å²) in [5.41, 5.74) is 0. The first-order chi connectivity index (χ1) is 2.41. The van der Waals surface area contributed by atoms with E-state index in [2.05, 4.69) is 20.3 Å². The number of rotatable bonds is 2. The van der Waals surface area contributed by atoms with Gasteiger partial charge in [0.1, 0.15) is 0 Å². The van der Waals surface area contributed by atoms with Crippen molar-refractivity contribution in [1.29, 1.82) is 0 Å². The molecule has 0 amide bonds. The Bertz CT molecular complexity index is 15.6. The van der Waals surface area contributed by atoms with Crippen LogP contribution in [0.4, 0.5) is 0 Å². The molecule has 0 fully saturated rings. The molecular weight excluding hydrogens is 205 g/mol. The first kappa shape index (κ1) is 15.7. The van der Waals surface area contributed by atoms with Gasteiger partial charge in [-0.2, -0.15) is 13.3 Å². The molecule has 0 rings (SSSR count). The molecule has 42 valence electrons. The Morgan fingerprint density at radius 3 is 1.86 bits per heavy atom. The van der Waals surface area contributed by atoms with Crippen LogP contribution in [0, 0.1) is 6.42 Å². The SMILES string of the molecule is Br.C[CH-]CCC.[Zn]. The van der Waals surface area contributed by atoms with Crippen LogP contribution < -0.4 is 0 Å². The third kappa shape index (κ3) is 19.2. The van der Waals surface area contributed by atoms with E-state index < -0.39 is 0 Å². The zero-order chi connectivity index (χ0) is 4.12. The van der Waals surface area contributed by atoms with Gasteiger partial charge in [0, 0.05) is 19.5 Å². The molecule has 0 bridgehead atoms. The Morgan fingerprint density at radius 2 is 1.86 bits per heavy atom. The molecule has 0 saturated carbocycles. The Balaban J connectivity index is -0.0000000800. The van der Waals surface area contributed by atoms with Crippen molar-refractivity contribution >= 4 is 17.0 Å². The molecule has 0 aliphatic carbocycles. The normalized spacial score (nSPS) is 6.00. The van der Waals surface area contributed by atoms with Gasteiger partial charge < -0.3 is 6.42 Å². The van der Waals surface area contributed by atoms with E-state index in [0.29, 0.717) is 0 Å². The first-order valence-electron chi connectivity index (χ1n) is 2.19. The molecule has 0 aliphatic rings. The van der Waals surface area contributed by atoms with E-state index in [1.807, 2.05) is 0 Å². The average Bonchev–Trinajstić information content (AvgIpc) is 1.41. The summed E-state index contributed by atoms with van der Waals surface area (Å²) in [5.74, 6) is 0. The van der Waals surface area contributed by atoms with Gasteiger partial charge in [-0.25, -0.2) is 0 Å². The minimum absolute atomic E-state index is 0. The van der Waals surface area contributed by atoms with Crippen LogP contribution in [0.25, 0.3) is 0 Å². The monoisotopic (exact) mass is 215 g/mol. The van der Waals surface area contributed by atoms with Crippen molar-refractivity contribution in [2.45, 2.75) is 26.7 Å². The van der Waals surface area contributed by atoms with Crippen molar-refractivity contribution in [2.24, 2.45) is 0 Å². The summed E-state index contributed by atoms with van der Waals surface area (Å²) in [7, 11) is 0. The summed E-state index contributed by atoms with van der Waals surface area (Å²) in [5, 5.41) is 0. The van der Waals surface area contributed by atoms with Crippen LogP contribution in [0.2, 0.25) is 0 Å². The molecule has 0 aromatic rings. The van der Waals surface area contributed by atoms with E-state index in [4.69, 9.17) is 0 Å². The molecule has 0 aliphatic heterocycles. The zero-order valence-electron chi connectivity index (χ0n) is 5.11. The summed E-state index contributed by atoms with van der Waals surface area (Å²) in [6, 6.07) is 0. The second-order valence-corrected chi connectivity index (χ2v) is 1.20. The maximum Gasteiger partial charge on any atom is 0 e. The van der Waals surface area contributed by atoms with E-state index in [9.17, 15) is 0 Å². The first-order valence-corrected chi connectivity index (χ1v) is 2.19. The van der Waals surface area contributed by atoms with Crippen molar-refractivity contribution in [1.82, 2.24) is 0 Å². The predicted molar refractivity (Wildman–Crippen MR) is 35.2 cm³/mol. The van der Waals surface area contributed by atoms with Crippen LogP contribution in [0.15, 0.2) is 0 Å². The van der Waals surface area contributed by atoms with Crippen LogP contribution in [-0.2, 0) is 19.5 Å². The van der Waals surface area contributed by atoms with Gasteiger partial charge >= 0.3 is 0 Å². The van der Waals surface area contributed by atoms with Crippen LogP contribution in [0.5, 0.6) is 0 Å². The average molecular weight is 217 g/mol. The maximum absolute atomic E-state index is 2.18. The smallest absolute Gasteiger partial charge is 0 e. The van der Waals surface area contributed by atoms with Crippen LogP contribution >= 0.6 is 17.0 Å². The van der Waals surface area contributed by atoms with E-state index >= 15 is 0 Å². The number of hydrogen-bond donors (Lipinski definition) is 0. The standard InChI is InChI=1S/C5H11.BrH.Zn/c1-3-5-4-2;;/h3H,4-5H2,1-2H3;1H;/q-1;;. The van der Waals surface area contributed by atoms with Gasteiger partial charge in [0.15, 0.2) is 0 Å². The number of halogens is 1. The van der Waals surface area contributed by atoms with Crippen molar-refractivity contribution in [3.8, 4) is 0 Å². The fraction of sp³-hybridized carbons (Fsp3) is 0.800. The molecular formula is C5H12BrZn-. The van der Waals surface area contributed by atoms with Gasteiger partial charge in [-0.15, -0.1) is 17.0 Å². The van der Waals surface area contributed by atoms with Gasteiger partial charge in [0.25, 0.3) is 0 Å². The Kier molecular flexibility index (Phi) is 35.2. The largest absolute Gasteiger partial charge is 0.332 e. The minimum Gasteiger partial charge on any atom is -0.332 e. The van der Waals surface area contributed by atoms with Gasteiger partial charge in [-0.3, -0.25) is 0 Å². The third-order valence-corrected chi connectivity index (χ3v) is 0.577. The van der Waals surface area contributed by atoms with Gasteiger partial charge in [-0.1, -0.05) is 13.3 Å². The molecule has 0 unspecified atom stereocenters. The summed E-state index contributed by atoms with van der Waals surface area (Å²) in [4.78, 5) is 0. The van der Waals surface area contributed by atoms with Crippen LogP contribution in [-0.4, -0.2) is 0 Å². The second-order valence-electron chi connectivity index (χ2n) is 1.20. The fourth-order valence-electron chi connectivity index (χ4n) is 0.289. The Morgan fingerprint density at radius 1 is 1.43 bits per heavy atom. The molecule has 2 heteroatoms. The summed E-state index contributed by atoms with van der Waals surface area (Å²) >= 11 is 0. The molecule has 0 atom stereocenters. The van der Waals surface area contributed by atoms with Crippen molar-refractivity contribution in [3.63, 3.8) is 0 Å².